The zero-order valence-electron chi connectivity index (χ0n) is 11.9. The molecule has 2 rings (SSSR count). The molecule has 2 N–H and O–H groups in total. The third-order valence-electron chi connectivity index (χ3n) is 3.59. The lowest BCUT2D eigenvalue weighted by Gasteiger charge is -2.35. The van der Waals surface area contributed by atoms with Crippen LogP contribution in [0.15, 0.2) is 18.2 Å². The summed E-state index contributed by atoms with van der Waals surface area (Å²) in [6, 6.07) is 4.19. The molecule has 1 aromatic carbocycles. The summed E-state index contributed by atoms with van der Waals surface area (Å²) in [5.74, 6) is -0.217. The van der Waals surface area contributed by atoms with E-state index in [1.54, 1.807) is 18.0 Å². The van der Waals surface area contributed by atoms with Gasteiger partial charge in [0.1, 0.15) is 11.8 Å². The Morgan fingerprint density at radius 3 is 2.90 bits per heavy atom. The number of rotatable bonds is 4. The van der Waals surface area contributed by atoms with Crippen molar-refractivity contribution in [1.82, 2.24) is 4.90 Å². The second-order valence-electron chi connectivity index (χ2n) is 5.19. The van der Waals surface area contributed by atoms with E-state index in [-0.39, 0.29) is 11.7 Å². The Morgan fingerprint density at radius 1 is 1.45 bits per heavy atom. The number of aliphatic hydroxyl groups is 1. The number of benzene rings is 1. The van der Waals surface area contributed by atoms with Gasteiger partial charge in [-0.05, 0) is 36.7 Å². The summed E-state index contributed by atoms with van der Waals surface area (Å²) in [5.41, 5.74) is 1.30. The highest BCUT2D eigenvalue weighted by molar-refractivity contribution is 5.78. The van der Waals surface area contributed by atoms with E-state index in [2.05, 4.69) is 0 Å². The second kappa shape index (κ2) is 6.24. The predicted molar refractivity (Wildman–Crippen MR) is 74.3 cm³/mol. The van der Waals surface area contributed by atoms with Gasteiger partial charge in [-0.1, -0.05) is 19.4 Å². The standard InChI is InChI=1S/C15H21NO4/c1-3-4-7-20-15(19)14-11-6-5-10(17)8-12(11)13(18)9-16(14)2/h5-6,8,13-14,17-18H,3-4,7,9H2,1-2H3/t13-,14+/m1/s1. The minimum absolute atomic E-state index is 0.0884. The summed E-state index contributed by atoms with van der Waals surface area (Å²) in [5, 5.41) is 19.6. The fourth-order valence-electron chi connectivity index (χ4n) is 2.52. The number of fused-ring (bicyclic) bond motifs is 1. The van der Waals surface area contributed by atoms with Gasteiger partial charge in [-0.3, -0.25) is 4.90 Å². The molecule has 0 fully saturated rings. The van der Waals surface area contributed by atoms with Crippen LogP contribution in [0.2, 0.25) is 0 Å². The summed E-state index contributed by atoms with van der Waals surface area (Å²) in [6.07, 6.45) is 1.10. The molecule has 1 aliphatic heterocycles. The predicted octanol–water partition coefficient (Wildman–Crippen LogP) is 1.76. The van der Waals surface area contributed by atoms with Gasteiger partial charge < -0.3 is 14.9 Å². The van der Waals surface area contributed by atoms with E-state index in [1.165, 1.54) is 12.1 Å². The molecule has 5 heteroatoms. The van der Waals surface area contributed by atoms with Crippen molar-refractivity contribution in [3.63, 3.8) is 0 Å². The molecule has 0 saturated carbocycles. The number of carbonyl (C=O) groups excluding carboxylic acids is 1. The SMILES string of the molecule is CCCCOC(=O)[C@@H]1c2ccc(O)cc2[C@H](O)CN1C. The monoisotopic (exact) mass is 279 g/mol. The number of unbranched alkanes of at least 4 members (excludes halogenated alkanes) is 1. The van der Waals surface area contributed by atoms with Crippen LogP contribution in [0.5, 0.6) is 5.75 Å². The quantitative estimate of drug-likeness (QED) is 0.649. The highest BCUT2D eigenvalue weighted by Crippen LogP contribution is 2.36. The number of esters is 1. The Labute approximate surface area is 118 Å². The number of aliphatic hydroxyl groups excluding tert-OH is 1. The number of hydrogen-bond donors (Lipinski definition) is 2. The molecule has 20 heavy (non-hydrogen) atoms. The Kier molecular flexibility index (Phi) is 4.62. The average molecular weight is 279 g/mol. The normalized spacial score (nSPS) is 22.4. The van der Waals surface area contributed by atoms with Crippen LogP contribution in [0.25, 0.3) is 0 Å². The molecule has 0 radical (unpaired) electrons. The molecular weight excluding hydrogens is 258 g/mol. The van der Waals surface area contributed by atoms with Gasteiger partial charge in [0.05, 0.1) is 12.7 Å². The number of ether oxygens (including phenoxy) is 1. The molecule has 0 aromatic heterocycles. The average Bonchev–Trinajstić information content (AvgIpc) is 2.40. The van der Waals surface area contributed by atoms with Gasteiger partial charge in [0, 0.05) is 6.54 Å². The number of nitrogens with zero attached hydrogens (tertiary/aromatic N) is 1. The van der Waals surface area contributed by atoms with E-state index < -0.39 is 12.1 Å². The number of phenolic OH excluding ortho intramolecular Hbond substituents is 1. The lowest BCUT2D eigenvalue weighted by molar-refractivity contribution is -0.151. The van der Waals surface area contributed by atoms with Gasteiger partial charge in [0.25, 0.3) is 0 Å². The van der Waals surface area contributed by atoms with Crippen LogP contribution in [0.1, 0.15) is 43.0 Å². The Balaban J connectivity index is 2.25. The summed E-state index contributed by atoms with van der Waals surface area (Å²) >= 11 is 0. The fraction of sp³-hybridized carbons (Fsp3) is 0.533. The molecule has 0 unspecified atom stereocenters. The second-order valence-corrected chi connectivity index (χ2v) is 5.19. The molecule has 2 atom stereocenters. The highest BCUT2D eigenvalue weighted by Gasteiger charge is 2.35. The number of aromatic hydroxyl groups is 1. The third-order valence-corrected chi connectivity index (χ3v) is 3.59. The van der Waals surface area contributed by atoms with Crippen LogP contribution < -0.4 is 0 Å². The number of phenols is 1. The maximum atomic E-state index is 12.2. The van der Waals surface area contributed by atoms with Crippen LogP contribution in [-0.4, -0.2) is 41.3 Å². The smallest absolute Gasteiger partial charge is 0.328 e. The van der Waals surface area contributed by atoms with Crippen LogP contribution in [0.3, 0.4) is 0 Å². The van der Waals surface area contributed by atoms with Crippen molar-refractivity contribution in [2.45, 2.75) is 31.9 Å². The Hall–Kier alpha value is -1.59. The van der Waals surface area contributed by atoms with Crippen LogP contribution >= 0.6 is 0 Å². The fourth-order valence-corrected chi connectivity index (χ4v) is 2.52. The molecule has 0 aliphatic carbocycles. The Bertz CT molecular complexity index is 489. The molecule has 1 aromatic rings. The van der Waals surface area contributed by atoms with Crippen LogP contribution in [0, 0.1) is 0 Å². The largest absolute Gasteiger partial charge is 0.508 e. The zero-order chi connectivity index (χ0) is 14.7. The first-order chi connectivity index (χ1) is 9.54. The molecule has 110 valence electrons. The van der Waals surface area contributed by atoms with E-state index in [9.17, 15) is 15.0 Å². The lowest BCUT2D eigenvalue weighted by atomic mass is 9.91. The van der Waals surface area contributed by atoms with Gasteiger partial charge in [-0.25, -0.2) is 4.79 Å². The maximum Gasteiger partial charge on any atom is 0.328 e. The first-order valence-electron chi connectivity index (χ1n) is 6.92. The summed E-state index contributed by atoms with van der Waals surface area (Å²) in [4.78, 5) is 14.0. The molecule has 0 bridgehead atoms. The summed E-state index contributed by atoms with van der Waals surface area (Å²) < 4.78 is 5.29. The van der Waals surface area contributed by atoms with Crippen molar-refractivity contribution in [2.75, 3.05) is 20.2 Å². The van der Waals surface area contributed by atoms with Crippen molar-refractivity contribution in [3.05, 3.63) is 29.3 Å². The van der Waals surface area contributed by atoms with Gasteiger partial charge in [-0.15, -0.1) is 0 Å². The van der Waals surface area contributed by atoms with Crippen molar-refractivity contribution in [3.8, 4) is 5.75 Å². The van der Waals surface area contributed by atoms with E-state index >= 15 is 0 Å². The lowest BCUT2D eigenvalue weighted by Crippen LogP contribution is -2.40. The van der Waals surface area contributed by atoms with Crippen molar-refractivity contribution < 1.29 is 19.7 Å². The molecule has 0 amide bonds. The van der Waals surface area contributed by atoms with Crippen LogP contribution in [0.4, 0.5) is 0 Å². The molecule has 0 spiro atoms. The van der Waals surface area contributed by atoms with Gasteiger partial charge in [0.2, 0.25) is 0 Å². The highest BCUT2D eigenvalue weighted by atomic mass is 16.5. The molecule has 1 heterocycles. The summed E-state index contributed by atoms with van der Waals surface area (Å²) in [6.45, 7) is 2.79. The van der Waals surface area contributed by atoms with E-state index in [1.807, 2.05) is 6.92 Å². The minimum Gasteiger partial charge on any atom is -0.508 e. The molecule has 1 aliphatic rings. The first kappa shape index (κ1) is 14.8. The van der Waals surface area contributed by atoms with Gasteiger partial charge >= 0.3 is 5.97 Å². The minimum atomic E-state index is -0.707. The van der Waals surface area contributed by atoms with Crippen molar-refractivity contribution in [1.29, 1.82) is 0 Å². The molecule has 5 nitrogen and oxygen atoms in total. The van der Waals surface area contributed by atoms with Crippen molar-refractivity contribution >= 4 is 5.97 Å². The van der Waals surface area contributed by atoms with Gasteiger partial charge in [0.15, 0.2) is 0 Å². The number of hydrogen-bond acceptors (Lipinski definition) is 5. The van der Waals surface area contributed by atoms with E-state index in [0.717, 1.165) is 12.8 Å². The van der Waals surface area contributed by atoms with Gasteiger partial charge in [-0.2, -0.15) is 0 Å². The topological polar surface area (TPSA) is 70.0 Å². The third kappa shape index (κ3) is 2.94. The zero-order valence-corrected chi connectivity index (χ0v) is 11.9. The number of β-amino-alcohol motifs (C(OH)–C–C–N with tert-alkyl or cyclic N) is 1. The Morgan fingerprint density at radius 2 is 2.20 bits per heavy atom. The van der Waals surface area contributed by atoms with Crippen LogP contribution in [-0.2, 0) is 9.53 Å². The molecular formula is C15H21NO4. The number of carbonyl (C=O) groups is 1. The van der Waals surface area contributed by atoms with Crippen molar-refractivity contribution in [2.24, 2.45) is 0 Å². The maximum absolute atomic E-state index is 12.2. The van der Waals surface area contributed by atoms with E-state index in [4.69, 9.17) is 4.74 Å². The summed E-state index contributed by atoms with van der Waals surface area (Å²) in [7, 11) is 1.78. The molecule has 0 saturated heterocycles. The number of likely N-dealkylation sites (N-methyl/N-ethyl adjacent to an activating group) is 1. The van der Waals surface area contributed by atoms with E-state index in [0.29, 0.717) is 24.3 Å². The first-order valence-corrected chi connectivity index (χ1v) is 6.92.